The summed E-state index contributed by atoms with van der Waals surface area (Å²) in [5, 5.41) is 12.6. The van der Waals surface area contributed by atoms with Crippen LogP contribution in [0.5, 0.6) is 5.75 Å². The molecule has 10 rings (SSSR count). The summed E-state index contributed by atoms with van der Waals surface area (Å²) < 4.78 is 2.30. The van der Waals surface area contributed by atoms with Gasteiger partial charge in [-0.15, -0.1) is 0 Å². The number of phenols is 1. The number of nitrogens with zero attached hydrogens (tertiary/aromatic N) is 3. The maximum Gasteiger partial charge on any atom is 0.149 e. The lowest BCUT2D eigenvalue weighted by atomic mass is 9.79. The fourth-order valence-electron chi connectivity index (χ4n) is 9.58. The van der Waals surface area contributed by atoms with Gasteiger partial charge in [0.1, 0.15) is 11.6 Å². The van der Waals surface area contributed by atoms with Crippen LogP contribution in [0.25, 0.3) is 95.0 Å². The number of phenolic OH excluding ortho intramolecular Hbond substituents is 1. The van der Waals surface area contributed by atoms with E-state index in [2.05, 4.69) is 248 Å². The molecule has 69 heavy (non-hydrogen) atoms. The predicted molar refractivity (Wildman–Crippen MR) is 290 cm³/mol. The molecular formula is C65H59N3O. The molecule has 4 nitrogen and oxygen atoms in total. The minimum atomic E-state index is -0.329. The third-order valence-corrected chi connectivity index (χ3v) is 13.4. The lowest BCUT2D eigenvalue weighted by Crippen LogP contribution is -2.17. The summed E-state index contributed by atoms with van der Waals surface area (Å²) in [7, 11) is 0. The Bertz CT molecular complexity index is 3460. The Morgan fingerprint density at radius 3 is 1.58 bits per heavy atom. The average molecular weight is 898 g/mol. The molecule has 8 aromatic carbocycles. The predicted octanol–water partition coefficient (Wildman–Crippen LogP) is 17.5. The summed E-state index contributed by atoms with van der Waals surface area (Å²) in [5.41, 5.74) is 19.3. The smallest absolute Gasteiger partial charge is 0.149 e. The second-order valence-electron chi connectivity index (χ2n) is 20.7. The SMILES string of the molecule is CC(C)c1cc(-c2ccccc2)ccc1-n1c(-c2cc(C(C)(C)C)cc(C(C)(C)C)c2O)nc2c(-c3cc(-c4ccc(-c5ccccc5)cc4)cc(-c4cc(-c5ccccc5)ccn4)c3)cccc21. The van der Waals surface area contributed by atoms with Crippen molar-refractivity contribution in [3.63, 3.8) is 0 Å². The minimum absolute atomic E-state index is 0.184. The molecular weight excluding hydrogens is 839 g/mol. The van der Waals surface area contributed by atoms with Crippen molar-refractivity contribution in [3.8, 4) is 89.7 Å². The van der Waals surface area contributed by atoms with Gasteiger partial charge in [0.15, 0.2) is 0 Å². The number of pyridine rings is 1. The largest absolute Gasteiger partial charge is 0.507 e. The second-order valence-corrected chi connectivity index (χ2v) is 20.7. The molecule has 10 aromatic rings. The van der Waals surface area contributed by atoms with Crippen LogP contribution in [0.2, 0.25) is 0 Å². The van der Waals surface area contributed by atoms with Crippen molar-refractivity contribution in [1.29, 1.82) is 0 Å². The number of aromatic hydroxyl groups is 1. The van der Waals surface area contributed by atoms with Crippen molar-refractivity contribution < 1.29 is 5.11 Å². The highest BCUT2D eigenvalue weighted by Crippen LogP contribution is 2.46. The number of hydrogen-bond acceptors (Lipinski definition) is 3. The van der Waals surface area contributed by atoms with E-state index in [1.54, 1.807) is 0 Å². The second kappa shape index (κ2) is 18.0. The van der Waals surface area contributed by atoms with E-state index in [0.29, 0.717) is 11.4 Å². The number of fused-ring (bicyclic) bond motifs is 1. The zero-order valence-corrected chi connectivity index (χ0v) is 40.9. The van der Waals surface area contributed by atoms with Gasteiger partial charge < -0.3 is 5.11 Å². The van der Waals surface area contributed by atoms with Crippen molar-refractivity contribution in [1.82, 2.24) is 14.5 Å². The summed E-state index contributed by atoms with van der Waals surface area (Å²) in [6.45, 7) is 17.7. The quantitative estimate of drug-likeness (QED) is 0.157. The molecule has 1 N–H and O–H groups in total. The lowest BCUT2D eigenvalue weighted by molar-refractivity contribution is 0.446. The molecule has 4 heteroatoms. The van der Waals surface area contributed by atoms with Gasteiger partial charge in [0.2, 0.25) is 0 Å². The maximum atomic E-state index is 12.6. The van der Waals surface area contributed by atoms with Gasteiger partial charge in [-0.2, -0.15) is 0 Å². The van der Waals surface area contributed by atoms with Gasteiger partial charge in [0.25, 0.3) is 0 Å². The molecule has 0 saturated carbocycles. The van der Waals surface area contributed by atoms with E-state index in [9.17, 15) is 5.11 Å². The number of aromatic nitrogens is 3. The summed E-state index contributed by atoms with van der Waals surface area (Å²) in [4.78, 5) is 10.7. The van der Waals surface area contributed by atoms with E-state index in [-0.39, 0.29) is 22.5 Å². The van der Waals surface area contributed by atoms with Crippen LogP contribution in [0.1, 0.15) is 78.0 Å². The van der Waals surface area contributed by atoms with E-state index >= 15 is 0 Å². The Kier molecular flexibility index (Phi) is 11.7. The van der Waals surface area contributed by atoms with Crippen LogP contribution in [-0.4, -0.2) is 19.6 Å². The number of para-hydroxylation sites is 1. The van der Waals surface area contributed by atoms with Crippen LogP contribution >= 0.6 is 0 Å². The van der Waals surface area contributed by atoms with Crippen LogP contribution < -0.4 is 0 Å². The van der Waals surface area contributed by atoms with Gasteiger partial charge in [-0.3, -0.25) is 9.55 Å². The van der Waals surface area contributed by atoms with Crippen LogP contribution in [-0.2, 0) is 10.8 Å². The Morgan fingerprint density at radius 1 is 0.449 bits per heavy atom. The molecule has 0 radical (unpaired) electrons. The maximum absolute atomic E-state index is 12.6. The van der Waals surface area contributed by atoms with E-state index in [1.165, 1.54) is 22.3 Å². The number of rotatable bonds is 9. The minimum Gasteiger partial charge on any atom is -0.507 e. The monoisotopic (exact) mass is 897 g/mol. The Morgan fingerprint density at radius 2 is 0.986 bits per heavy atom. The Hall–Kier alpha value is -7.82. The van der Waals surface area contributed by atoms with Crippen molar-refractivity contribution >= 4 is 11.0 Å². The van der Waals surface area contributed by atoms with Crippen LogP contribution in [0.4, 0.5) is 0 Å². The van der Waals surface area contributed by atoms with Crippen molar-refractivity contribution in [2.24, 2.45) is 0 Å². The van der Waals surface area contributed by atoms with Crippen LogP contribution in [0, 0.1) is 0 Å². The van der Waals surface area contributed by atoms with Crippen molar-refractivity contribution in [2.75, 3.05) is 0 Å². The highest BCUT2D eigenvalue weighted by Gasteiger charge is 2.29. The summed E-state index contributed by atoms with van der Waals surface area (Å²) in [6, 6.07) is 69.2. The zero-order chi connectivity index (χ0) is 48.0. The Balaban J connectivity index is 1.24. The molecule has 0 atom stereocenters. The van der Waals surface area contributed by atoms with E-state index in [4.69, 9.17) is 9.97 Å². The molecule has 0 amide bonds. The molecule has 0 saturated heterocycles. The van der Waals surface area contributed by atoms with Gasteiger partial charge in [-0.25, -0.2) is 4.98 Å². The standard InChI is InChI=1S/C65H59N3O/c1-42(2)55-38-48(44-21-14-10-15-22-44)31-32-59(55)68-60-26-18-25-54(61(60)67-63(68)56-40-53(64(3,4)5)41-57(62(56)69)65(6,7)8)51-35-50(47-29-27-46(28-30-47)43-19-12-9-13-20-43)36-52(37-51)58-39-49(33-34-66-58)45-23-16-11-17-24-45/h9-42,69H,1-8H3. The molecule has 0 fully saturated rings. The van der Waals surface area contributed by atoms with E-state index < -0.39 is 0 Å². The zero-order valence-electron chi connectivity index (χ0n) is 40.9. The molecule has 340 valence electrons. The number of benzene rings is 8. The van der Waals surface area contributed by atoms with Gasteiger partial charge in [-0.1, -0.05) is 195 Å². The van der Waals surface area contributed by atoms with Gasteiger partial charge in [0.05, 0.1) is 28.0 Å². The van der Waals surface area contributed by atoms with Crippen LogP contribution in [0.15, 0.2) is 200 Å². The highest BCUT2D eigenvalue weighted by molar-refractivity contribution is 5.98. The molecule has 2 aromatic heterocycles. The summed E-state index contributed by atoms with van der Waals surface area (Å²) in [6.07, 6.45) is 1.91. The molecule has 0 aliphatic heterocycles. The van der Waals surface area contributed by atoms with E-state index in [0.717, 1.165) is 78.0 Å². The molecule has 0 spiro atoms. The van der Waals surface area contributed by atoms with Crippen LogP contribution in [0.3, 0.4) is 0 Å². The molecule has 2 heterocycles. The first-order valence-electron chi connectivity index (χ1n) is 24.1. The topological polar surface area (TPSA) is 50.9 Å². The molecule has 0 bridgehead atoms. The third kappa shape index (κ3) is 8.91. The first kappa shape index (κ1) is 45.0. The first-order valence-corrected chi connectivity index (χ1v) is 24.1. The van der Waals surface area contributed by atoms with Crippen molar-refractivity contribution in [2.45, 2.75) is 72.1 Å². The number of imidazole rings is 1. The lowest BCUT2D eigenvalue weighted by Gasteiger charge is -2.28. The normalized spacial score (nSPS) is 12.0. The van der Waals surface area contributed by atoms with Gasteiger partial charge in [0, 0.05) is 22.9 Å². The van der Waals surface area contributed by atoms with Crippen molar-refractivity contribution in [3.05, 3.63) is 217 Å². The van der Waals surface area contributed by atoms with E-state index in [1.807, 2.05) is 12.3 Å². The average Bonchev–Trinajstić information content (AvgIpc) is 3.76. The molecule has 0 aliphatic carbocycles. The fraction of sp³-hybridized carbons (Fsp3) is 0.169. The highest BCUT2D eigenvalue weighted by atomic mass is 16.3. The summed E-state index contributed by atoms with van der Waals surface area (Å²) in [5.74, 6) is 1.14. The summed E-state index contributed by atoms with van der Waals surface area (Å²) >= 11 is 0. The molecule has 0 aliphatic rings. The van der Waals surface area contributed by atoms with Gasteiger partial charge in [-0.05, 0) is 133 Å². The third-order valence-electron chi connectivity index (χ3n) is 13.4. The fourth-order valence-corrected chi connectivity index (χ4v) is 9.58. The molecule has 0 unspecified atom stereocenters. The van der Waals surface area contributed by atoms with Gasteiger partial charge >= 0.3 is 0 Å². The first-order chi connectivity index (χ1) is 33.2. The Labute approximate surface area is 407 Å². The number of hydrogen-bond donors (Lipinski definition) is 1.